The molecule has 0 bridgehead atoms. The number of para-hydroxylation sites is 1. The van der Waals surface area contributed by atoms with Crippen LogP contribution in [-0.2, 0) is 17.8 Å². The first-order valence-electron chi connectivity index (χ1n) is 9.88. The molecule has 0 amide bonds. The number of thiazole rings is 1. The molecule has 0 spiro atoms. The van der Waals surface area contributed by atoms with Crippen LogP contribution in [0.4, 0.5) is 13.2 Å². The topological polar surface area (TPSA) is 64.3 Å². The molecule has 2 aromatic heterocycles. The zero-order valence-corrected chi connectivity index (χ0v) is 17.7. The Labute approximate surface area is 189 Å². The molecule has 0 atom stereocenters. The average Bonchev–Trinajstić information content (AvgIpc) is 3.35. The number of halogens is 3. The van der Waals surface area contributed by atoms with Gasteiger partial charge in [-0.25, -0.2) is 18.2 Å². The number of carboxylic acids is 1. The molecule has 33 heavy (non-hydrogen) atoms. The van der Waals surface area contributed by atoms with Gasteiger partial charge in [0.15, 0.2) is 11.6 Å². The first kappa shape index (κ1) is 21.0. The minimum Gasteiger partial charge on any atom is -0.480 e. The van der Waals surface area contributed by atoms with Crippen molar-refractivity contribution in [2.75, 3.05) is 0 Å². The van der Waals surface area contributed by atoms with Gasteiger partial charge < -0.3 is 14.4 Å². The van der Waals surface area contributed by atoms with Crippen LogP contribution in [0.15, 0.2) is 60.8 Å². The second kappa shape index (κ2) is 8.25. The van der Waals surface area contributed by atoms with Crippen molar-refractivity contribution in [3.63, 3.8) is 0 Å². The van der Waals surface area contributed by atoms with E-state index < -0.39 is 23.4 Å². The number of hydrogen-bond donors (Lipinski definition) is 1. The van der Waals surface area contributed by atoms with Crippen molar-refractivity contribution >= 4 is 38.4 Å². The molecule has 5 aromatic rings. The zero-order valence-electron chi connectivity index (χ0n) is 16.9. The minimum absolute atomic E-state index is 0.0636. The van der Waals surface area contributed by atoms with Gasteiger partial charge in [-0.2, -0.15) is 0 Å². The van der Waals surface area contributed by atoms with Gasteiger partial charge in [0.05, 0.1) is 9.71 Å². The van der Waals surface area contributed by atoms with Gasteiger partial charge in [0.25, 0.3) is 0 Å². The molecule has 0 aliphatic rings. The molecule has 0 radical (unpaired) electrons. The normalized spacial score (nSPS) is 11.4. The molecule has 0 fully saturated rings. The smallest absolute Gasteiger partial charge is 0.323 e. The molecule has 0 saturated carbocycles. The van der Waals surface area contributed by atoms with Gasteiger partial charge in [-0.3, -0.25) is 4.79 Å². The van der Waals surface area contributed by atoms with Crippen LogP contribution in [0.2, 0.25) is 0 Å². The van der Waals surface area contributed by atoms with Crippen LogP contribution in [0.1, 0.15) is 10.6 Å². The summed E-state index contributed by atoms with van der Waals surface area (Å²) >= 11 is 0.931. The van der Waals surface area contributed by atoms with Gasteiger partial charge in [0.2, 0.25) is 0 Å². The molecule has 1 N–H and O–H groups in total. The molecule has 0 saturated heterocycles. The Morgan fingerprint density at radius 3 is 2.58 bits per heavy atom. The van der Waals surface area contributed by atoms with Crippen LogP contribution in [0.3, 0.4) is 0 Å². The number of aliphatic carboxylic acids is 1. The number of fused-ring (bicyclic) bond motifs is 2. The Balaban J connectivity index is 1.58. The van der Waals surface area contributed by atoms with Crippen LogP contribution < -0.4 is 4.74 Å². The van der Waals surface area contributed by atoms with Gasteiger partial charge in [0.1, 0.15) is 29.4 Å². The second-order valence-electron chi connectivity index (χ2n) is 7.39. The molecule has 0 aliphatic heterocycles. The summed E-state index contributed by atoms with van der Waals surface area (Å²) in [7, 11) is 0. The van der Waals surface area contributed by atoms with E-state index in [0.29, 0.717) is 33.7 Å². The highest BCUT2D eigenvalue weighted by Gasteiger charge is 2.19. The van der Waals surface area contributed by atoms with Crippen LogP contribution in [-0.4, -0.2) is 20.6 Å². The fraction of sp³-hybridized carbons (Fsp3) is 0.0833. The largest absolute Gasteiger partial charge is 0.480 e. The number of nitrogens with zero attached hydrogens (tertiary/aromatic N) is 2. The van der Waals surface area contributed by atoms with Crippen molar-refractivity contribution in [2.24, 2.45) is 0 Å². The van der Waals surface area contributed by atoms with Crippen molar-refractivity contribution in [1.82, 2.24) is 9.55 Å². The number of benzene rings is 3. The van der Waals surface area contributed by atoms with Gasteiger partial charge in [0, 0.05) is 29.6 Å². The van der Waals surface area contributed by atoms with E-state index >= 15 is 0 Å². The monoisotopic (exact) mass is 468 g/mol. The summed E-state index contributed by atoms with van der Waals surface area (Å²) in [6, 6.07) is 15.0. The third-order valence-electron chi connectivity index (χ3n) is 5.12. The molecule has 0 aliphatic carbocycles. The van der Waals surface area contributed by atoms with Crippen LogP contribution in [0.25, 0.3) is 21.1 Å². The summed E-state index contributed by atoms with van der Waals surface area (Å²) in [4.78, 5) is 15.4. The lowest BCUT2D eigenvalue weighted by Crippen LogP contribution is -2.07. The third kappa shape index (κ3) is 4.03. The van der Waals surface area contributed by atoms with Crippen molar-refractivity contribution in [3.8, 4) is 11.5 Å². The molecule has 2 heterocycles. The Hall–Kier alpha value is -3.85. The van der Waals surface area contributed by atoms with Crippen LogP contribution in [0.5, 0.6) is 11.5 Å². The number of aromatic nitrogens is 2. The number of hydrogen-bond acceptors (Lipinski definition) is 4. The molecule has 5 rings (SSSR count). The van der Waals surface area contributed by atoms with Gasteiger partial charge in [-0.05, 0) is 35.9 Å². The zero-order chi connectivity index (χ0) is 23.1. The lowest BCUT2D eigenvalue weighted by atomic mass is 10.1. The molecule has 166 valence electrons. The number of ether oxygens (including phenoxy) is 1. The van der Waals surface area contributed by atoms with Gasteiger partial charge >= 0.3 is 5.97 Å². The van der Waals surface area contributed by atoms with Crippen LogP contribution in [0, 0.1) is 17.5 Å². The summed E-state index contributed by atoms with van der Waals surface area (Å²) in [6.07, 6.45) is 1.85. The lowest BCUT2D eigenvalue weighted by molar-refractivity contribution is -0.137. The third-order valence-corrected chi connectivity index (χ3v) is 6.18. The summed E-state index contributed by atoms with van der Waals surface area (Å²) in [6.45, 7) is -0.260. The molecular formula is C24H15F3N2O3S. The minimum atomic E-state index is -1.29. The Morgan fingerprint density at radius 1 is 1.03 bits per heavy atom. The van der Waals surface area contributed by atoms with E-state index in [4.69, 9.17) is 4.74 Å². The highest BCUT2D eigenvalue weighted by atomic mass is 32.1. The van der Waals surface area contributed by atoms with Crippen LogP contribution >= 0.6 is 11.3 Å². The first-order valence-corrected chi connectivity index (χ1v) is 10.7. The quantitative estimate of drug-likeness (QED) is 0.304. The Kier molecular flexibility index (Phi) is 5.26. The maximum atomic E-state index is 14.1. The van der Waals surface area contributed by atoms with E-state index in [-0.39, 0.29) is 23.2 Å². The molecule has 0 unspecified atom stereocenters. The summed E-state index contributed by atoms with van der Waals surface area (Å²) in [5, 5.41) is 10.4. The lowest BCUT2D eigenvalue weighted by Gasteiger charge is -2.07. The summed E-state index contributed by atoms with van der Waals surface area (Å²) in [5.41, 5.74) is 1.01. The second-order valence-corrected chi connectivity index (χ2v) is 8.47. The fourth-order valence-corrected chi connectivity index (χ4v) is 4.71. The van der Waals surface area contributed by atoms with E-state index in [0.717, 1.165) is 16.7 Å². The highest BCUT2D eigenvalue weighted by molar-refractivity contribution is 7.18. The van der Waals surface area contributed by atoms with Crippen molar-refractivity contribution in [1.29, 1.82) is 0 Å². The van der Waals surface area contributed by atoms with E-state index in [9.17, 15) is 23.1 Å². The van der Waals surface area contributed by atoms with E-state index in [1.165, 1.54) is 0 Å². The summed E-state index contributed by atoms with van der Waals surface area (Å²) < 4.78 is 49.2. The Bertz CT molecular complexity index is 1510. The number of carboxylic acid groups (broad SMARTS) is 1. The predicted octanol–water partition coefficient (Wildman–Crippen LogP) is 6.14. The van der Waals surface area contributed by atoms with Crippen molar-refractivity contribution in [2.45, 2.75) is 13.0 Å². The highest BCUT2D eigenvalue weighted by Crippen LogP contribution is 2.33. The standard InChI is InChI=1S/C24H15F3N2O3S/c25-17-10-18(26)24-23(22(17)27)28-20(33-24)8-13-11-29(12-21(30)31)19-7-6-15(9-16(13)19)32-14-4-2-1-3-5-14/h1-7,9-11H,8,12H2,(H,30,31). The van der Waals surface area contributed by atoms with E-state index in [2.05, 4.69) is 4.98 Å². The number of carbonyl (C=O) groups is 1. The summed E-state index contributed by atoms with van der Waals surface area (Å²) in [5.74, 6) is -3.19. The van der Waals surface area contributed by atoms with Gasteiger partial charge in [-0.1, -0.05) is 18.2 Å². The Morgan fingerprint density at radius 2 is 1.82 bits per heavy atom. The predicted molar refractivity (Wildman–Crippen MR) is 118 cm³/mol. The molecular weight excluding hydrogens is 453 g/mol. The van der Waals surface area contributed by atoms with Gasteiger partial charge in [-0.15, -0.1) is 11.3 Å². The SMILES string of the molecule is O=C(O)Cn1cc(Cc2nc3c(F)c(F)cc(F)c3s2)c2cc(Oc3ccccc3)ccc21. The van der Waals surface area contributed by atoms with Crippen molar-refractivity contribution < 1.29 is 27.8 Å². The molecule has 5 nitrogen and oxygen atoms in total. The average molecular weight is 468 g/mol. The fourth-order valence-electron chi connectivity index (χ4n) is 3.72. The molecule has 3 aromatic carbocycles. The maximum absolute atomic E-state index is 14.1. The molecule has 9 heteroatoms. The van der Waals surface area contributed by atoms with E-state index in [1.807, 2.05) is 30.3 Å². The van der Waals surface area contributed by atoms with Crippen molar-refractivity contribution in [3.05, 3.63) is 88.8 Å². The maximum Gasteiger partial charge on any atom is 0.323 e. The first-order chi connectivity index (χ1) is 15.9. The van der Waals surface area contributed by atoms with E-state index in [1.54, 1.807) is 29.0 Å². The number of rotatable bonds is 6.